The van der Waals surface area contributed by atoms with Gasteiger partial charge < -0.3 is 4.74 Å². The summed E-state index contributed by atoms with van der Waals surface area (Å²) in [5.41, 5.74) is 0.788. The van der Waals surface area contributed by atoms with Crippen LogP contribution in [0.25, 0.3) is 0 Å². The highest BCUT2D eigenvalue weighted by Crippen LogP contribution is 1.99. The third-order valence-corrected chi connectivity index (χ3v) is 0.888. The minimum Gasteiger partial charge on any atom is -0.497 e. The van der Waals surface area contributed by atoms with E-state index in [1.165, 1.54) is 0 Å². The first kappa shape index (κ1) is 4.99. The zero-order chi connectivity index (χ0) is 5.82. The van der Waals surface area contributed by atoms with Crippen LogP contribution in [-0.4, -0.2) is 6.61 Å². The second-order valence-electron chi connectivity index (χ2n) is 1.42. The molecule has 39 valence electrons. The van der Waals surface area contributed by atoms with E-state index in [2.05, 4.69) is 5.92 Å². The summed E-state index contributed by atoms with van der Waals surface area (Å²) in [6.45, 7) is 0.567. The fourth-order valence-electron chi connectivity index (χ4n) is 0.476. The Morgan fingerprint density at radius 2 is 2.62 bits per heavy atom. The van der Waals surface area contributed by atoms with E-state index < -0.39 is 0 Å². The van der Waals surface area contributed by atoms with Crippen LogP contribution in [0.15, 0.2) is 24.0 Å². The van der Waals surface area contributed by atoms with Crippen LogP contribution in [0.3, 0.4) is 0 Å². The lowest BCUT2D eigenvalue weighted by Crippen LogP contribution is -1.88. The minimum absolute atomic E-state index is 0.567. The molecule has 1 rings (SSSR count). The molecular formula is C7H5O. The lowest BCUT2D eigenvalue weighted by molar-refractivity contribution is 0.285. The Kier molecular flexibility index (Phi) is 1.39. The maximum absolute atomic E-state index is 6.67. The van der Waals surface area contributed by atoms with Crippen molar-refractivity contribution in [2.24, 2.45) is 0 Å². The molecule has 0 aliphatic carbocycles. The first-order valence-corrected chi connectivity index (χ1v) is 2.34. The molecule has 0 aromatic heterocycles. The van der Waals surface area contributed by atoms with Gasteiger partial charge in [-0.15, -0.1) is 0 Å². The number of allylic oxidation sites excluding steroid dienone is 2. The normalized spacial score (nSPS) is 16.1. The first-order chi connectivity index (χ1) is 3.93. The van der Waals surface area contributed by atoms with Crippen LogP contribution in [0.4, 0.5) is 0 Å². The van der Waals surface area contributed by atoms with E-state index in [-0.39, 0.29) is 0 Å². The first-order valence-electron chi connectivity index (χ1n) is 2.34. The Balaban J connectivity index is 2.68. The van der Waals surface area contributed by atoms with Crippen molar-refractivity contribution in [2.75, 3.05) is 6.61 Å². The molecule has 1 radical (unpaired) electrons. The Bertz CT molecular complexity index is 169. The van der Waals surface area contributed by atoms with Gasteiger partial charge in [0.25, 0.3) is 0 Å². The van der Waals surface area contributed by atoms with E-state index in [0.717, 1.165) is 5.57 Å². The fourth-order valence-corrected chi connectivity index (χ4v) is 0.476. The fraction of sp³-hybridized carbons (Fsp3) is 0.143. The lowest BCUT2D eigenvalue weighted by atomic mass is 10.2. The second kappa shape index (κ2) is 2.23. The van der Waals surface area contributed by atoms with Gasteiger partial charge in [-0.05, 0) is 18.6 Å². The molecule has 0 amide bonds. The highest BCUT2D eigenvalue weighted by atomic mass is 16.5. The number of ether oxygens (including phenoxy) is 1. The van der Waals surface area contributed by atoms with Crippen molar-refractivity contribution in [3.8, 4) is 5.92 Å². The molecule has 0 aromatic rings. The summed E-state index contributed by atoms with van der Waals surface area (Å²) < 4.78 is 4.82. The van der Waals surface area contributed by atoms with Crippen LogP contribution in [0, 0.1) is 12.3 Å². The van der Waals surface area contributed by atoms with Gasteiger partial charge in [0.1, 0.15) is 6.61 Å². The minimum atomic E-state index is 0.567. The molecule has 1 nitrogen and oxygen atoms in total. The predicted octanol–water partition coefficient (Wildman–Crippen LogP) is 1.05. The van der Waals surface area contributed by atoms with Gasteiger partial charge in [-0.25, -0.2) is 0 Å². The maximum Gasteiger partial charge on any atom is 0.107 e. The largest absolute Gasteiger partial charge is 0.497 e. The summed E-state index contributed by atoms with van der Waals surface area (Å²) in [5, 5.41) is 0. The number of hydrogen-bond donors (Lipinski definition) is 0. The van der Waals surface area contributed by atoms with E-state index in [4.69, 9.17) is 11.2 Å². The average Bonchev–Trinajstić information content (AvgIpc) is 1.90. The summed E-state index contributed by atoms with van der Waals surface area (Å²) in [5.74, 6) is 2.25. The van der Waals surface area contributed by atoms with Crippen LogP contribution in [0.2, 0.25) is 0 Å². The molecule has 1 heterocycles. The highest BCUT2D eigenvalue weighted by molar-refractivity contribution is 5.34. The molecule has 0 unspecified atom stereocenters. The molecule has 0 spiro atoms. The van der Waals surface area contributed by atoms with Crippen LogP contribution in [-0.2, 0) is 4.74 Å². The Morgan fingerprint density at radius 3 is 3.00 bits per heavy atom. The van der Waals surface area contributed by atoms with E-state index >= 15 is 0 Å². The van der Waals surface area contributed by atoms with Gasteiger partial charge in [0.05, 0.1) is 6.26 Å². The quantitative estimate of drug-likeness (QED) is 0.418. The van der Waals surface area contributed by atoms with Crippen molar-refractivity contribution in [3.63, 3.8) is 0 Å². The van der Waals surface area contributed by atoms with Gasteiger partial charge in [0.15, 0.2) is 0 Å². The van der Waals surface area contributed by atoms with Crippen LogP contribution < -0.4 is 0 Å². The number of hydrogen-bond acceptors (Lipinski definition) is 1. The lowest BCUT2D eigenvalue weighted by Gasteiger charge is -1.99. The third-order valence-electron chi connectivity index (χ3n) is 0.888. The molecule has 0 N–H and O–H groups in total. The predicted molar refractivity (Wildman–Crippen MR) is 30.3 cm³/mol. The highest BCUT2D eigenvalue weighted by Gasteiger charge is 1.89. The molecule has 1 aliphatic heterocycles. The van der Waals surface area contributed by atoms with Gasteiger partial charge in [-0.2, -0.15) is 0 Å². The average molecular weight is 105 g/mol. The molecule has 0 atom stereocenters. The van der Waals surface area contributed by atoms with E-state index in [1.54, 1.807) is 18.4 Å². The van der Waals surface area contributed by atoms with E-state index in [1.807, 2.05) is 0 Å². The topological polar surface area (TPSA) is 9.23 Å². The third kappa shape index (κ3) is 0.913. The molecule has 0 saturated carbocycles. The summed E-state index contributed by atoms with van der Waals surface area (Å²) in [4.78, 5) is 0. The van der Waals surface area contributed by atoms with E-state index in [9.17, 15) is 0 Å². The van der Waals surface area contributed by atoms with Gasteiger partial charge in [0.2, 0.25) is 0 Å². The summed E-state index contributed by atoms with van der Waals surface area (Å²) in [6.07, 6.45) is 11.7. The summed E-state index contributed by atoms with van der Waals surface area (Å²) in [7, 11) is 0. The van der Waals surface area contributed by atoms with Gasteiger partial charge in [0, 0.05) is 5.57 Å². The zero-order valence-electron chi connectivity index (χ0n) is 4.35. The Labute approximate surface area is 48.7 Å². The SMILES string of the molecule is [C]#CC1=CCOC=C1. The van der Waals surface area contributed by atoms with E-state index in [0.29, 0.717) is 6.61 Å². The maximum atomic E-state index is 6.67. The van der Waals surface area contributed by atoms with Gasteiger partial charge in [-0.3, -0.25) is 0 Å². The molecule has 0 saturated heterocycles. The molecule has 0 aromatic carbocycles. The van der Waals surface area contributed by atoms with Crippen LogP contribution in [0.1, 0.15) is 0 Å². The smallest absolute Gasteiger partial charge is 0.107 e. The molecule has 8 heavy (non-hydrogen) atoms. The Hall–Kier alpha value is -1.16. The molecular weight excluding hydrogens is 100 g/mol. The molecule has 0 fully saturated rings. The van der Waals surface area contributed by atoms with Crippen LogP contribution in [0.5, 0.6) is 0 Å². The second-order valence-corrected chi connectivity index (χ2v) is 1.42. The Morgan fingerprint density at radius 1 is 1.75 bits per heavy atom. The number of rotatable bonds is 0. The molecule has 0 bridgehead atoms. The monoisotopic (exact) mass is 105 g/mol. The van der Waals surface area contributed by atoms with Crippen molar-refractivity contribution < 1.29 is 4.74 Å². The molecule has 1 heteroatoms. The van der Waals surface area contributed by atoms with Crippen molar-refractivity contribution >= 4 is 0 Å². The zero-order valence-corrected chi connectivity index (χ0v) is 4.35. The van der Waals surface area contributed by atoms with Crippen molar-refractivity contribution in [1.29, 1.82) is 0 Å². The van der Waals surface area contributed by atoms with Gasteiger partial charge in [-0.1, -0.05) is 5.92 Å². The summed E-state index contributed by atoms with van der Waals surface area (Å²) >= 11 is 0. The van der Waals surface area contributed by atoms with Crippen LogP contribution >= 0.6 is 0 Å². The molecule has 1 aliphatic rings. The standard InChI is InChI=1S/C7H5O/c1-2-7-3-5-8-6-4-7/h3-5H,6H2. The van der Waals surface area contributed by atoms with Crippen molar-refractivity contribution in [2.45, 2.75) is 0 Å². The van der Waals surface area contributed by atoms with Gasteiger partial charge >= 0.3 is 0 Å². The van der Waals surface area contributed by atoms with Crippen molar-refractivity contribution in [3.05, 3.63) is 30.4 Å². The van der Waals surface area contributed by atoms with Crippen molar-refractivity contribution in [1.82, 2.24) is 0 Å². The summed E-state index contributed by atoms with van der Waals surface area (Å²) in [6, 6.07) is 0.